The lowest BCUT2D eigenvalue weighted by Crippen LogP contribution is -2.35. The summed E-state index contributed by atoms with van der Waals surface area (Å²) in [7, 11) is 1.69. The summed E-state index contributed by atoms with van der Waals surface area (Å²) in [4.78, 5) is 11.9. The van der Waals surface area contributed by atoms with Gasteiger partial charge in [-0.15, -0.1) is 11.8 Å². The molecule has 0 aliphatic rings. The largest absolute Gasteiger partial charge is 0.491 e. The van der Waals surface area contributed by atoms with Gasteiger partial charge in [-0.1, -0.05) is 38.0 Å². The first-order valence-corrected chi connectivity index (χ1v) is 12.7. The molecule has 0 bridgehead atoms. The summed E-state index contributed by atoms with van der Waals surface area (Å²) in [6.45, 7) is 3.16. The molecule has 0 saturated heterocycles. The molecule has 2 unspecified atom stereocenters. The van der Waals surface area contributed by atoms with Crippen molar-refractivity contribution in [1.29, 1.82) is 0 Å². The van der Waals surface area contributed by atoms with Gasteiger partial charge in [-0.25, -0.2) is 4.79 Å². The second-order valence-corrected chi connectivity index (χ2v) is 8.91. The lowest BCUT2D eigenvalue weighted by atomic mass is 10.1. The predicted molar refractivity (Wildman–Crippen MR) is 136 cm³/mol. The number of rotatable bonds is 13. The van der Waals surface area contributed by atoms with Crippen molar-refractivity contribution in [3.05, 3.63) is 54.6 Å². The molecule has 3 rings (SSSR count). The minimum absolute atomic E-state index is 0.0490. The third-order valence-electron chi connectivity index (χ3n) is 5.52. The molecule has 2 N–H and O–H groups in total. The van der Waals surface area contributed by atoms with E-state index in [9.17, 15) is 9.90 Å². The number of aryl methyl sites for hydroxylation is 1. The van der Waals surface area contributed by atoms with Crippen molar-refractivity contribution >= 4 is 28.6 Å². The standard InChI is InChI=1S/C26H34N2O4S/c1-4-5-8-15-28-23-10-7-6-9-20(23)16-24(28)19-11-13-22(14-12-19)31-17-21(29)18-32-26(30)25(27-2)33-3/h6-7,9-14,16,21,25,27,29H,4-5,8,15,17-18H2,1-3H3. The monoisotopic (exact) mass is 470 g/mol. The highest BCUT2D eigenvalue weighted by atomic mass is 32.2. The molecule has 178 valence electrons. The van der Waals surface area contributed by atoms with Crippen LogP contribution in [0.25, 0.3) is 22.2 Å². The zero-order valence-corrected chi connectivity index (χ0v) is 20.4. The van der Waals surface area contributed by atoms with E-state index in [2.05, 4.69) is 47.1 Å². The number of hydrogen-bond donors (Lipinski definition) is 2. The second kappa shape index (κ2) is 12.7. The number of aliphatic hydroxyl groups is 1. The fraction of sp³-hybridized carbons (Fsp3) is 0.423. The summed E-state index contributed by atoms with van der Waals surface area (Å²) in [5.74, 6) is 0.262. The van der Waals surface area contributed by atoms with Gasteiger partial charge in [0.2, 0.25) is 0 Å². The molecule has 0 aliphatic carbocycles. The quantitative estimate of drug-likeness (QED) is 0.215. The summed E-state index contributed by atoms with van der Waals surface area (Å²) >= 11 is 1.35. The Morgan fingerprint density at radius 2 is 1.88 bits per heavy atom. The minimum Gasteiger partial charge on any atom is -0.491 e. The Balaban J connectivity index is 1.62. The number of benzene rings is 2. The van der Waals surface area contributed by atoms with Gasteiger partial charge in [0, 0.05) is 23.1 Å². The summed E-state index contributed by atoms with van der Waals surface area (Å²) < 4.78 is 13.2. The molecule has 0 radical (unpaired) electrons. The lowest BCUT2D eigenvalue weighted by Gasteiger charge is -2.16. The van der Waals surface area contributed by atoms with Crippen LogP contribution in [0.5, 0.6) is 5.75 Å². The zero-order chi connectivity index (χ0) is 23.6. The topological polar surface area (TPSA) is 72.7 Å². The highest BCUT2D eigenvalue weighted by molar-refractivity contribution is 7.99. The number of thioether (sulfide) groups is 1. The Morgan fingerprint density at radius 1 is 1.12 bits per heavy atom. The number of fused-ring (bicyclic) bond motifs is 1. The number of esters is 1. The van der Waals surface area contributed by atoms with E-state index in [4.69, 9.17) is 9.47 Å². The fourth-order valence-corrected chi connectivity index (χ4v) is 4.25. The molecule has 2 atom stereocenters. The van der Waals surface area contributed by atoms with Crippen LogP contribution < -0.4 is 10.1 Å². The number of aliphatic hydroxyl groups excluding tert-OH is 1. The van der Waals surface area contributed by atoms with Crippen molar-refractivity contribution in [2.24, 2.45) is 0 Å². The number of nitrogens with one attached hydrogen (secondary N) is 1. The van der Waals surface area contributed by atoms with Gasteiger partial charge in [0.05, 0.1) is 0 Å². The van der Waals surface area contributed by atoms with Crippen LogP contribution in [0.4, 0.5) is 0 Å². The lowest BCUT2D eigenvalue weighted by molar-refractivity contribution is -0.147. The third kappa shape index (κ3) is 6.76. The van der Waals surface area contributed by atoms with Gasteiger partial charge >= 0.3 is 5.97 Å². The van der Waals surface area contributed by atoms with Crippen molar-refractivity contribution in [1.82, 2.24) is 9.88 Å². The molecule has 6 nitrogen and oxygen atoms in total. The Hall–Kier alpha value is -2.48. The maximum absolute atomic E-state index is 11.9. The van der Waals surface area contributed by atoms with Gasteiger partial charge in [0.1, 0.15) is 25.1 Å². The molecule has 0 amide bonds. The number of likely N-dealkylation sites (N-methyl/N-ethyl adjacent to an activating group) is 1. The van der Waals surface area contributed by atoms with Gasteiger partial charge in [0.15, 0.2) is 5.37 Å². The summed E-state index contributed by atoms with van der Waals surface area (Å²) in [6.07, 6.45) is 4.48. The summed E-state index contributed by atoms with van der Waals surface area (Å²) in [5, 5.41) is 13.8. The van der Waals surface area contributed by atoms with Crippen LogP contribution in [0.2, 0.25) is 0 Å². The third-order valence-corrected chi connectivity index (χ3v) is 6.42. The molecule has 1 heterocycles. The maximum Gasteiger partial charge on any atom is 0.333 e. The van der Waals surface area contributed by atoms with E-state index in [0.29, 0.717) is 5.75 Å². The van der Waals surface area contributed by atoms with Crippen molar-refractivity contribution in [3.8, 4) is 17.0 Å². The van der Waals surface area contributed by atoms with Crippen molar-refractivity contribution in [2.75, 3.05) is 26.5 Å². The van der Waals surface area contributed by atoms with Crippen molar-refractivity contribution in [2.45, 2.75) is 44.2 Å². The number of carbonyl (C=O) groups is 1. The average molecular weight is 471 g/mol. The Labute approximate surface area is 200 Å². The number of unbranched alkanes of at least 4 members (excludes halogenated alkanes) is 2. The molecule has 33 heavy (non-hydrogen) atoms. The van der Waals surface area contributed by atoms with Crippen molar-refractivity contribution in [3.63, 3.8) is 0 Å². The molecule has 2 aromatic carbocycles. The van der Waals surface area contributed by atoms with Gasteiger partial charge in [-0.05, 0) is 61.7 Å². The second-order valence-electron chi connectivity index (χ2n) is 7.97. The number of para-hydroxylation sites is 1. The number of aromatic nitrogens is 1. The van der Waals surface area contributed by atoms with E-state index in [1.807, 2.05) is 30.5 Å². The van der Waals surface area contributed by atoms with E-state index in [0.717, 1.165) is 18.5 Å². The van der Waals surface area contributed by atoms with E-state index in [1.54, 1.807) is 7.05 Å². The molecule has 0 spiro atoms. The predicted octanol–water partition coefficient (Wildman–Crippen LogP) is 4.69. The van der Waals surface area contributed by atoms with Crippen LogP contribution in [-0.2, 0) is 16.1 Å². The molecular formula is C26H34N2O4S. The van der Waals surface area contributed by atoms with Crippen LogP contribution in [-0.4, -0.2) is 53.6 Å². The molecule has 1 aromatic heterocycles. The average Bonchev–Trinajstić information content (AvgIpc) is 3.21. The van der Waals surface area contributed by atoms with Crippen LogP contribution in [0.15, 0.2) is 54.6 Å². The van der Waals surface area contributed by atoms with Crippen LogP contribution in [0.1, 0.15) is 26.2 Å². The highest BCUT2D eigenvalue weighted by Crippen LogP contribution is 2.30. The molecule has 0 saturated carbocycles. The molecular weight excluding hydrogens is 436 g/mol. The van der Waals surface area contributed by atoms with E-state index in [-0.39, 0.29) is 13.2 Å². The SMILES string of the molecule is CCCCCn1c(-c2ccc(OCC(O)COC(=O)C(NC)SC)cc2)cc2ccccc21. The van der Waals surface area contributed by atoms with Gasteiger partial charge in [-0.3, -0.25) is 5.32 Å². The van der Waals surface area contributed by atoms with Gasteiger partial charge in [-0.2, -0.15) is 0 Å². The van der Waals surface area contributed by atoms with Crippen LogP contribution in [0, 0.1) is 0 Å². The number of hydrogen-bond acceptors (Lipinski definition) is 6. The number of ether oxygens (including phenoxy) is 2. The molecule has 7 heteroatoms. The van der Waals surface area contributed by atoms with Crippen LogP contribution >= 0.6 is 11.8 Å². The van der Waals surface area contributed by atoms with E-state index >= 15 is 0 Å². The smallest absolute Gasteiger partial charge is 0.333 e. The first kappa shape index (κ1) is 25.1. The van der Waals surface area contributed by atoms with Crippen LogP contribution in [0.3, 0.4) is 0 Å². The summed E-state index contributed by atoms with van der Waals surface area (Å²) in [6, 6.07) is 18.6. The normalized spacial score (nSPS) is 13.1. The van der Waals surface area contributed by atoms with Gasteiger partial charge in [0.25, 0.3) is 0 Å². The fourth-order valence-electron chi connectivity index (χ4n) is 3.76. The minimum atomic E-state index is -0.894. The van der Waals surface area contributed by atoms with E-state index < -0.39 is 17.4 Å². The Kier molecular flexibility index (Phi) is 9.66. The van der Waals surface area contributed by atoms with Gasteiger partial charge < -0.3 is 19.1 Å². The highest BCUT2D eigenvalue weighted by Gasteiger charge is 2.18. The Bertz CT molecular complexity index is 1010. The zero-order valence-electron chi connectivity index (χ0n) is 19.6. The first-order valence-electron chi connectivity index (χ1n) is 11.4. The van der Waals surface area contributed by atoms with E-state index in [1.165, 1.54) is 41.2 Å². The molecule has 0 aliphatic heterocycles. The van der Waals surface area contributed by atoms with Crippen molar-refractivity contribution < 1.29 is 19.4 Å². The molecule has 0 fully saturated rings. The maximum atomic E-state index is 11.9. The number of carbonyl (C=O) groups excluding carboxylic acids is 1. The first-order chi connectivity index (χ1) is 16.1. The Morgan fingerprint density at radius 3 is 2.58 bits per heavy atom. The molecule has 3 aromatic rings. The summed E-state index contributed by atoms with van der Waals surface area (Å²) in [5.41, 5.74) is 3.57. The number of nitrogens with zero attached hydrogens (tertiary/aromatic N) is 1.